The van der Waals surface area contributed by atoms with Gasteiger partial charge in [-0.3, -0.25) is 10.1 Å². The lowest BCUT2D eigenvalue weighted by atomic mass is 10.1. The third-order valence-electron chi connectivity index (χ3n) is 3.07. The highest BCUT2D eigenvalue weighted by Crippen LogP contribution is 2.35. The van der Waals surface area contributed by atoms with Crippen LogP contribution < -0.4 is 4.90 Å². The number of anilines is 2. The highest BCUT2D eigenvalue weighted by molar-refractivity contribution is 6.29. The minimum atomic E-state index is -0.384. The minimum Gasteiger partial charge on any atom is -0.326 e. The van der Waals surface area contributed by atoms with E-state index in [9.17, 15) is 10.1 Å². The third-order valence-corrected chi connectivity index (χ3v) is 3.27. The standard InChI is InChI=1S/C12H9ClN4O2/c13-11-6-12(15-7-14-11)16-4-3-8-5-9(17(18)19)1-2-10(8)16/h1-2,5-7H,3-4H2. The van der Waals surface area contributed by atoms with Crippen molar-refractivity contribution >= 4 is 28.8 Å². The Hall–Kier alpha value is -2.21. The summed E-state index contributed by atoms with van der Waals surface area (Å²) in [6, 6.07) is 6.53. The summed E-state index contributed by atoms with van der Waals surface area (Å²) in [6.07, 6.45) is 2.15. The summed E-state index contributed by atoms with van der Waals surface area (Å²) in [5, 5.41) is 11.1. The SMILES string of the molecule is O=[N+]([O-])c1ccc2c(c1)CCN2c1cc(Cl)ncn1. The third kappa shape index (κ3) is 2.10. The van der Waals surface area contributed by atoms with Crippen LogP contribution in [0.15, 0.2) is 30.6 Å². The van der Waals surface area contributed by atoms with Crippen LogP contribution in [-0.4, -0.2) is 21.4 Å². The van der Waals surface area contributed by atoms with E-state index in [4.69, 9.17) is 11.6 Å². The first-order valence-corrected chi connectivity index (χ1v) is 6.05. The second-order valence-electron chi connectivity index (χ2n) is 4.17. The maximum Gasteiger partial charge on any atom is 0.269 e. The number of nitrogens with zero attached hydrogens (tertiary/aromatic N) is 4. The fourth-order valence-corrected chi connectivity index (χ4v) is 2.35. The molecule has 0 atom stereocenters. The molecule has 0 aliphatic carbocycles. The number of non-ortho nitro benzene ring substituents is 1. The maximum atomic E-state index is 10.8. The molecule has 2 heterocycles. The van der Waals surface area contributed by atoms with Gasteiger partial charge in [0.1, 0.15) is 17.3 Å². The van der Waals surface area contributed by atoms with Crippen LogP contribution in [0.2, 0.25) is 5.15 Å². The van der Waals surface area contributed by atoms with Crippen molar-refractivity contribution in [3.05, 3.63) is 51.4 Å². The Bertz CT molecular complexity index is 662. The normalized spacial score (nSPS) is 13.4. The van der Waals surface area contributed by atoms with Gasteiger partial charge in [-0.15, -0.1) is 0 Å². The molecule has 0 N–H and O–H groups in total. The molecule has 0 bridgehead atoms. The number of nitro groups is 1. The Labute approximate surface area is 113 Å². The van der Waals surface area contributed by atoms with Gasteiger partial charge < -0.3 is 4.90 Å². The monoisotopic (exact) mass is 276 g/mol. The van der Waals surface area contributed by atoms with Gasteiger partial charge in [0.15, 0.2) is 0 Å². The Balaban J connectivity index is 2.01. The topological polar surface area (TPSA) is 72.2 Å². The summed E-state index contributed by atoms with van der Waals surface area (Å²) < 4.78 is 0. The Morgan fingerprint density at radius 2 is 2.16 bits per heavy atom. The van der Waals surface area contributed by atoms with Gasteiger partial charge in [0.25, 0.3) is 5.69 Å². The van der Waals surface area contributed by atoms with Gasteiger partial charge in [-0.2, -0.15) is 0 Å². The lowest BCUT2D eigenvalue weighted by molar-refractivity contribution is -0.384. The van der Waals surface area contributed by atoms with Gasteiger partial charge >= 0.3 is 0 Å². The number of halogens is 1. The van der Waals surface area contributed by atoms with Crippen LogP contribution >= 0.6 is 11.6 Å². The summed E-state index contributed by atoms with van der Waals surface area (Å²) in [7, 11) is 0. The first-order chi connectivity index (χ1) is 9.15. The van der Waals surface area contributed by atoms with Gasteiger partial charge in [0.2, 0.25) is 0 Å². The van der Waals surface area contributed by atoms with E-state index in [1.807, 2.05) is 4.90 Å². The van der Waals surface area contributed by atoms with Crippen molar-refractivity contribution in [1.82, 2.24) is 9.97 Å². The van der Waals surface area contributed by atoms with E-state index < -0.39 is 0 Å². The molecule has 0 unspecified atom stereocenters. The summed E-state index contributed by atoms with van der Waals surface area (Å²) in [5.74, 6) is 0.701. The molecule has 0 radical (unpaired) electrons. The highest BCUT2D eigenvalue weighted by atomic mass is 35.5. The van der Waals surface area contributed by atoms with Crippen molar-refractivity contribution in [1.29, 1.82) is 0 Å². The lowest BCUT2D eigenvalue weighted by Crippen LogP contribution is -2.14. The predicted octanol–water partition coefficient (Wildman–Crippen LogP) is 2.73. The predicted molar refractivity (Wildman–Crippen MR) is 70.8 cm³/mol. The molecule has 6 nitrogen and oxygen atoms in total. The molecule has 19 heavy (non-hydrogen) atoms. The van der Waals surface area contributed by atoms with Crippen LogP contribution in [0, 0.1) is 10.1 Å². The zero-order chi connectivity index (χ0) is 13.4. The fourth-order valence-electron chi connectivity index (χ4n) is 2.21. The zero-order valence-corrected chi connectivity index (χ0v) is 10.5. The van der Waals surface area contributed by atoms with Crippen LogP contribution in [0.5, 0.6) is 0 Å². The summed E-state index contributed by atoms with van der Waals surface area (Å²) >= 11 is 5.85. The smallest absolute Gasteiger partial charge is 0.269 e. The molecule has 0 fully saturated rings. The van der Waals surface area contributed by atoms with Crippen LogP contribution in [0.3, 0.4) is 0 Å². The van der Waals surface area contributed by atoms with E-state index in [2.05, 4.69) is 9.97 Å². The van der Waals surface area contributed by atoms with Gasteiger partial charge in [0.05, 0.1) is 4.92 Å². The molecular formula is C12H9ClN4O2. The van der Waals surface area contributed by atoms with Crippen LogP contribution in [-0.2, 0) is 6.42 Å². The molecule has 3 rings (SSSR count). The minimum absolute atomic E-state index is 0.112. The van der Waals surface area contributed by atoms with Crippen LogP contribution in [0.25, 0.3) is 0 Å². The second-order valence-corrected chi connectivity index (χ2v) is 4.56. The Morgan fingerprint density at radius 1 is 1.32 bits per heavy atom. The number of nitro benzene ring substituents is 1. The number of benzene rings is 1. The van der Waals surface area contributed by atoms with E-state index in [0.717, 1.165) is 24.2 Å². The van der Waals surface area contributed by atoms with Crippen molar-refractivity contribution in [2.24, 2.45) is 0 Å². The molecule has 0 spiro atoms. The summed E-state index contributed by atoms with van der Waals surface area (Å²) in [6.45, 7) is 0.726. The molecule has 2 aromatic rings. The quantitative estimate of drug-likeness (QED) is 0.479. The first-order valence-electron chi connectivity index (χ1n) is 5.67. The lowest BCUT2D eigenvalue weighted by Gasteiger charge is -2.17. The molecule has 96 valence electrons. The molecule has 1 aromatic heterocycles. The van der Waals surface area contributed by atoms with E-state index in [1.54, 1.807) is 18.2 Å². The average molecular weight is 277 g/mol. The van der Waals surface area contributed by atoms with E-state index >= 15 is 0 Å². The fraction of sp³-hybridized carbons (Fsp3) is 0.167. The van der Waals surface area contributed by atoms with Crippen molar-refractivity contribution in [3.8, 4) is 0 Å². The van der Waals surface area contributed by atoms with Gasteiger partial charge in [0, 0.05) is 30.4 Å². The van der Waals surface area contributed by atoms with E-state index in [-0.39, 0.29) is 10.6 Å². The van der Waals surface area contributed by atoms with E-state index in [0.29, 0.717) is 11.0 Å². The van der Waals surface area contributed by atoms with Crippen molar-refractivity contribution in [3.63, 3.8) is 0 Å². The molecule has 1 aliphatic heterocycles. The molecule has 0 saturated heterocycles. The molecular weight excluding hydrogens is 268 g/mol. The van der Waals surface area contributed by atoms with Crippen molar-refractivity contribution in [2.45, 2.75) is 6.42 Å². The van der Waals surface area contributed by atoms with Gasteiger partial charge in [-0.1, -0.05) is 11.6 Å². The Morgan fingerprint density at radius 3 is 2.89 bits per heavy atom. The molecule has 7 heteroatoms. The number of fused-ring (bicyclic) bond motifs is 1. The zero-order valence-electron chi connectivity index (χ0n) is 9.78. The summed E-state index contributed by atoms with van der Waals surface area (Å²) in [5.41, 5.74) is 1.99. The number of hydrogen-bond donors (Lipinski definition) is 0. The van der Waals surface area contributed by atoms with Gasteiger partial charge in [-0.05, 0) is 18.1 Å². The average Bonchev–Trinajstić information content (AvgIpc) is 2.81. The molecule has 1 aromatic carbocycles. The molecule has 0 amide bonds. The van der Waals surface area contributed by atoms with Crippen LogP contribution in [0.4, 0.5) is 17.2 Å². The van der Waals surface area contributed by atoms with Crippen molar-refractivity contribution in [2.75, 3.05) is 11.4 Å². The molecule has 1 aliphatic rings. The second kappa shape index (κ2) is 4.47. The van der Waals surface area contributed by atoms with Crippen LogP contribution in [0.1, 0.15) is 5.56 Å². The Kier molecular flexibility index (Phi) is 2.79. The van der Waals surface area contributed by atoms with E-state index in [1.165, 1.54) is 12.4 Å². The number of aromatic nitrogens is 2. The first kappa shape index (κ1) is 11.9. The maximum absolute atomic E-state index is 10.8. The molecule has 0 saturated carbocycles. The largest absolute Gasteiger partial charge is 0.326 e. The van der Waals surface area contributed by atoms with Gasteiger partial charge in [-0.25, -0.2) is 9.97 Å². The highest BCUT2D eigenvalue weighted by Gasteiger charge is 2.23. The van der Waals surface area contributed by atoms with Crippen molar-refractivity contribution < 1.29 is 4.92 Å². The summed E-state index contributed by atoms with van der Waals surface area (Å²) in [4.78, 5) is 20.4. The number of hydrogen-bond acceptors (Lipinski definition) is 5. The number of rotatable bonds is 2.